The summed E-state index contributed by atoms with van der Waals surface area (Å²) >= 11 is 0. The Morgan fingerprint density at radius 1 is 0.975 bits per heavy atom. The zero-order chi connectivity index (χ0) is 27.6. The van der Waals surface area contributed by atoms with Crippen molar-refractivity contribution in [3.63, 3.8) is 0 Å². The van der Waals surface area contributed by atoms with Crippen molar-refractivity contribution >= 4 is 17.4 Å². The van der Waals surface area contributed by atoms with E-state index in [-0.39, 0.29) is 0 Å². The second-order valence-corrected chi connectivity index (χ2v) is 9.54. The average molecular weight is 535 g/mol. The molecule has 11 nitrogen and oxygen atoms in total. The Labute approximate surface area is 230 Å². The number of piperazine rings is 1. The maximum absolute atomic E-state index is 11.2. The maximum atomic E-state index is 11.2. The summed E-state index contributed by atoms with van der Waals surface area (Å²) in [6.07, 6.45) is 8.17. The summed E-state index contributed by atoms with van der Waals surface area (Å²) in [4.78, 5) is 19.4. The molecule has 40 heavy (non-hydrogen) atoms. The minimum absolute atomic E-state index is 0.439. The van der Waals surface area contributed by atoms with E-state index in [1.54, 1.807) is 24.0 Å². The van der Waals surface area contributed by atoms with Crippen LogP contribution in [0, 0.1) is 11.3 Å². The Morgan fingerprint density at radius 2 is 1.77 bits per heavy atom. The van der Waals surface area contributed by atoms with Crippen molar-refractivity contribution in [3.05, 3.63) is 84.6 Å². The van der Waals surface area contributed by atoms with Crippen molar-refractivity contribution < 1.29 is 14.6 Å². The molecule has 0 saturated carbocycles. The molecule has 1 N–H and O–H groups in total. The highest BCUT2D eigenvalue weighted by Gasteiger charge is 2.21. The van der Waals surface area contributed by atoms with Gasteiger partial charge in [0.05, 0.1) is 37.1 Å². The van der Waals surface area contributed by atoms with Crippen LogP contribution in [0.1, 0.15) is 11.1 Å². The van der Waals surface area contributed by atoms with E-state index in [1.165, 1.54) is 4.90 Å². The highest BCUT2D eigenvalue weighted by molar-refractivity contribution is 5.87. The van der Waals surface area contributed by atoms with E-state index in [0.29, 0.717) is 43.8 Å². The van der Waals surface area contributed by atoms with Gasteiger partial charge in [-0.05, 0) is 35.9 Å². The molecule has 0 spiro atoms. The van der Waals surface area contributed by atoms with E-state index >= 15 is 0 Å². The number of aromatic nitrogens is 5. The lowest BCUT2D eigenvalue weighted by atomic mass is 10.0. The number of anilines is 1. The molecule has 0 bridgehead atoms. The molecule has 1 aromatic carbocycles. The molecule has 6 rings (SSSR count). The van der Waals surface area contributed by atoms with Gasteiger partial charge in [-0.3, -0.25) is 4.68 Å². The van der Waals surface area contributed by atoms with E-state index in [4.69, 9.17) is 4.74 Å². The van der Waals surface area contributed by atoms with Crippen molar-refractivity contribution in [1.29, 1.82) is 5.26 Å². The van der Waals surface area contributed by atoms with Gasteiger partial charge in [-0.25, -0.2) is 14.3 Å². The van der Waals surface area contributed by atoms with Crippen molar-refractivity contribution in [2.45, 2.75) is 6.54 Å². The summed E-state index contributed by atoms with van der Waals surface area (Å²) in [5.41, 5.74) is 5.81. The Morgan fingerprint density at radius 3 is 2.45 bits per heavy atom. The monoisotopic (exact) mass is 534 g/mol. The van der Waals surface area contributed by atoms with Crippen LogP contribution >= 0.6 is 0 Å². The van der Waals surface area contributed by atoms with Crippen molar-refractivity contribution in [2.75, 3.05) is 38.2 Å². The van der Waals surface area contributed by atoms with Gasteiger partial charge in [-0.1, -0.05) is 12.1 Å². The predicted octanol–water partition coefficient (Wildman–Crippen LogP) is 3.99. The third-order valence-corrected chi connectivity index (χ3v) is 7.14. The molecule has 1 amide bonds. The standard InChI is InChI=1S/C29H26N8O3/c1-40-25-5-2-20(3-6-25)17-36-18-24(16-32-36)22-12-26(28-23(13-30)15-33-37(28)19-22)21-4-7-27(31-14-21)34-8-10-35(11-9-34)29(38)39/h2-7,12,14-16,18-19H,8-11,17H2,1H3,(H,38,39). The van der Waals surface area contributed by atoms with Crippen LogP contribution in [0.15, 0.2) is 73.4 Å². The van der Waals surface area contributed by atoms with Gasteiger partial charge in [-0.15, -0.1) is 0 Å². The Kier molecular flexibility index (Phi) is 6.49. The Balaban J connectivity index is 1.30. The summed E-state index contributed by atoms with van der Waals surface area (Å²) in [7, 11) is 1.65. The van der Waals surface area contributed by atoms with E-state index in [0.717, 1.165) is 39.4 Å². The number of carbonyl (C=O) groups is 1. The molecule has 0 unspecified atom stereocenters. The lowest BCUT2D eigenvalue weighted by molar-refractivity contribution is 0.142. The number of methoxy groups -OCH3 is 1. The van der Waals surface area contributed by atoms with Gasteiger partial charge in [0.25, 0.3) is 0 Å². The number of hydrogen-bond donors (Lipinski definition) is 1. The molecule has 200 valence electrons. The van der Waals surface area contributed by atoms with E-state index in [1.807, 2.05) is 65.7 Å². The zero-order valence-corrected chi connectivity index (χ0v) is 21.8. The van der Waals surface area contributed by atoms with Gasteiger partial charge in [0, 0.05) is 67.0 Å². The summed E-state index contributed by atoms with van der Waals surface area (Å²) in [6.45, 7) is 2.66. The van der Waals surface area contributed by atoms with Crippen LogP contribution < -0.4 is 9.64 Å². The smallest absolute Gasteiger partial charge is 0.407 e. The first-order valence-electron chi connectivity index (χ1n) is 12.8. The first-order valence-corrected chi connectivity index (χ1v) is 12.8. The zero-order valence-electron chi connectivity index (χ0n) is 21.8. The summed E-state index contributed by atoms with van der Waals surface area (Å²) in [6, 6.07) is 16.1. The van der Waals surface area contributed by atoms with Gasteiger partial charge < -0.3 is 19.6 Å². The van der Waals surface area contributed by atoms with Gasteiger partial charge in [-0.2, -0.15) is 15.5 Å². The van der Waals surface area contributed by atoms with Crippen molar-refractivity contribution in [2.24, 2.45) is 0 Å². The number of rotatable bonds is 6. The number of fused-ring (bicyclic) bond motifs is 1. The molecule has 0 radical (unpaired) electrons. The summed E-state index contributed by atoms with van der Waals surface area (Å²) < 4.78 is 8.85. The number of nitriles is 1. The first-order chi connectivity index (χ1) is 19.5. The normalized spacial score (nSPS) is 13.4. The topological polar surface area (TPSA) is 125 Å². The molecule has 1 fully saturated rings. The number of hydrogen-bond acceptors (Lipinski definition) is 7. The SMILES string of the molecule is COc1ccc(Cn2cc(-c3cc(-c4ccc(N5CCN(C(=O)O)CC5)nc4)c4c(C#N)cnn4c3)cn2)cc1. The second-order valence-electron chi connectivity index (χ2n) is 9.54. The minimum Gasteiger partial charge on any atom is -0.497 e. The molecule has 1 saturated heterocycles. The molecule has 5 aromatic rings. The quantitative estimate of drug-likeness (QED) is 0.347. The minimum atomic E-state index is -0.896. The molecule has 11 heteroatoms. The van der Waals surface area contributed by atoms with Crippen LogP contribution in [0.4, 0.5) is 10.6 Å². The number of ether oxygens (including phenoxy) is 1. The van der Waals surface area contributed by atoms with E-state index < -0.39 is 6.09 Å². The molecular weight excluding hydrogens is 508 g/mol. The van der Waals surface area contributed by atoms with Gasteiger partial charge >= 0.3 is 6.09 Å². The highest BCUT2D eigenvalue weighted by Crippen LogP contribution is 2.32. The lowest BCUT2D eigenvalue weighted by Gasteiger charge is -2.33. The van der Waals surface area contributed by atoms with Crippen LogP contribution in [-0.2, 0) is 6.54 Å². The van der Waals surface area contributed by atoms with E-state index in [9.17, 15) is 15.2 Å². The number of pyridine rings is 2. The molecule has 1 aliphatic rings. The van der Waals surface area contributed by atoms with E-state index in [2.05, 4.69) is 26.2 Å². The molecule has 0 atom stereocenters. The van der Waals surface area contributed by atoms with Crippen LogP contribution in [0.2, 0.25) is 0 Å². The molecular formula is C29H26N8O3. The number of amides is 1. The third kappa shape index (κ3) is 4.78. The van der Waals surface area contributed by atoms with Crippen LogP contribution in [0.3, 0.4) is 0 Å². The molecule has 1 aliphatic heterocycles. The molecule has 0 aliphatic carbocycles. The van der Waals surface area contributed by atoms with Gasteiger partial charge in [0.2, 0.25) is 0 Å². The second kappa shape index (κ2) is 10.4. The Bertz CT molecular complexity index is 1710. The highest BCUT2D eigenvalue weighted by atomic mass is 16.5. The number of benzene rings is 1. The van der Waals surface area contributed by atoms with Crippen molar-refractivity contribution in [1.82, 2.24) is 29.3 Å². The van der Waals surface area contributed by atoms with Crippen LogP contribution in [-0.4, -0.2) is 73.8 Å². The summed E-state index contributed by atoms with van der Waals surface area (Å²) in [5.74, 6) is 1.60. The van der Waals surface area contributed by atoms with Gasteiger partial charge in [0.1, 0.15) is 17.6 Å². The van der Waals surface area contributed by atoms with Crippen LogP contribution in [0.25, 0.3) is 27.8 Å². The fraction of sp³-hybridized carbons (Fsp3) is 0.207. The van der Waals surface area contributed by atoms with Gasteiger partial charge in [0.15, 0.2) is 0 Å². The summed E-state index contributed by atoms with van der Waals surface area (Å²) in [5, 5.41) is 28.0. The Hall–Kier alpha value is -5.37. The first kappa shape index (κ1) is 24.9. The van der Waals surface area contributed by atoms with Crippen LogP contribution in [0.5, 0.6) is 5.75 Å². The maximum Gasteiger partial charge on any atom is 0.407 e. The molecule has 4 aromatic heterocycles. The number of nitrogens with zero attached hydrogens (tertiary/aromatic N) is 8. The lowest BCUT2D eigenvalue weighted by Crippen LogP contribution is -2.48. The average Bonchev–Trinajstić information content (AvgIpc) is 3.64. The third-order valence-electron chi connectivity index (χ3n) is 7.14. The predicted molar refractivity (Wildman–Crippen MR) is 148 cm³/mol. The number of carboxylic acid groups (broad SMARTS) is 1. The largest absolute Gasteiger partial charge is 0.497 e. The fourth-order valence-corrected chi connectivity index (χ4v) is 4.96. The molecule has 5 heterocycles. The fourth-order valence-electron chi connectivity index (χ4n) is 4.96. The van der Waals surface area contributed by atoms with Crippen molar-refractivity contribution in [3.8, 4) is 34.1 Å².